The molecule has 1 aromatic carbocycles. The maximum Gasteiger partial charge on any atom is 0.253 e. The third kappa shape index (κ3) is 4.06. The van der Waals surface area contributed by atoms with Crippen LogP contribution >= 0.6 is 11.6 Å². The fourth-order valence-electron chi connectivity index (χ4n) is 3.59. The predicted octanol–water partition coefficient (Wildman–Crippen LogP) is 2.36. The summed E-state index contributed by atoms with van der Waals surface area (Å²) in [6.45, 7) is 3.92. The highest BCUT2D eigenvalue weighted by Gasteiger charge is 2.31. The van der Waals surface area contributed by atoms with Crippen LogP contribution in [0.25, 0.3) is 0 Å². The molecule has 2 aliphatic rings. The zero-order chi connectivity index (χ0) is 18.9. The molecule has 1 atom stereocenters. The quantitative estimate of drug-likeness (QED) is 0.844. The summed E-state index contributed by atoms with van der Waals surface area (Å²) in [6, 6.07) is 4.44. The topological polar surface area (TPSA) is 77.9 Å². The molecule has 0 spiro atoms. The Kier molecular flexibility index (Phi) is 5.91. The molecule has 1 amide bonds. The molecule has 1 aromatic rings. The van der Waals surface area contributed by atoms with Crippen LogP contribution in [0.1, 0.15) is 43.0 Å². The van der Waals surface area contributed by atoms with Crippen LogP contribution in [0.5, 0.6) is 0 Å². The van der Waals surface area contributed by atoms with Crippen LogP contribution in [0.4, 0.5) is 0 Å². The molecule has 144 valence electrons. The first-order valence-electron chi connectivity index (χ1n) is 9.06. The Labute approximate surface area is 159 Å². The smallest absolute Gasteiger partial charge is 0.253 e. The van der Waals surface area contributed by atoms with Gasteiger partial charge in [0.05, 0.1) is 11.1 Å². The molecule has 2 heterocycles. The van der Waals surface area contributed by atoms with E-state index in [2.05, 4.69) is 0 Å². The van der Waals surface area contributed by atoms with Crippen molar-refractivity contribution in [1.29, 1.82) is 0 Å². The molecule has 2 saturated heterocycles. The van der Waals surface area contributed by atoms with Crippen molar-refractivity contribution in [2.45, 2.75) is 43.6 Å². The van der Waals surface area contributed by atoms with Gasteiger partial charge in [0, 0.05) is 31.7 Å². The Morgan fingerprint density at radius 2 is 1.88 bits per heavy atom. The third-order valence-corrected chi connectivity index (χ3v) is 7.51. The van der Waals surface area contributed by atoms with Crippen molar-refractivity contribution in [3.63, 3.8) is 0 Å². The number of likely N-dealkylation sites (tertiary alicyclic amines) is 1. The van der Waals surface area contributed by atoms with Gasteiger partial charge in [-0.3, -0.25) is 4.79 Å². The standard InChI is InChI=1S/C18H25ClN2O4S/c1-13-3-2-8-21(12-13)26(24,25)17-11-14(4-5-16(17)19)18(23)20-9-6-15(22)7-10-20/h4-5,11,13,15,22H,2-3,6-10,12H2,1H3. The van der Waals surface area contributed by atoms with Gasteiger partial charge in [-0.25, -0.2) is 8.42 Å². The van der Waals surface area contributed by atoms with Crippen LogP contribution in [-0.2, 0) is 10.0 Å². The second-order valence-electron chi connectivity index (χ2n) is 7.28. The number of piperidine rings is 2. The number of benzene rings is 1. The molecule has 0 bridgehead atoms. The van der Waals surface area contributed by atoms with Crippen molar-refractivity contribution in [2.75, 3.05) is 26.2 Å². The van der Waals surface area contributed by atoms with E-state index in [1.807, 2.05) is 6.92 Å². The molecule has 26 heavy (non-hydrogen) atoms. The fourth-order valence-corrected chi connectivity index (χ4v) is 5.69. The second-order valence-corrected chi connectivity index (χ2v) is 9.59. The highest BCUT2D eigenvalue weighted by molar-refractivity contribution is 7.89. The van der Waals surface area contributed by atoms with E-state index in [0.29, 0.717) is 50.5 Å². The van der Waals surface area contributed by atoms with E-state index in [0.717, 1.165) is 12.8 Å². The molecular weight excluding hydrogens is 376 g/mol. The summed E-state index contributed by atoms with van der Waals surface area (Å²) in [4.78, 5) is 14.4. The molecule has 0 aliphatic carbocycles. The lowest BCUT2D eigenvalue weighted by Gasteiger charge is -2.31. The van der Waals surface area contributed by atoms with Crippen molar-refractivity contribution in [1.82, 2.24) is 9.21 Å². The van der Waals surface area contributed by atoms with Crippen LogP contribution in [0.15, 0.2) is 23.1 Å². The summed E-state index contributed by atoms with van der Waals surface area (Å²) < 4.78 is 27.5. The molecule has 2 fully saturated rings. The first-order valence-corrected chi connectivity index (χ1v) is 10.9. The van der Waals surface area contributed by atoms with E-state index in [9.17, 15) is 18.3 Å². The zero-order valence-electron chi connectivity index (χ0n) is 14.9. The Hall–Kier alpha value is -1.15. The fraction of sp³-hybridized carbons (Fsp3) is 0.611. The van der Waals surface area contributed by atoms with Gasteiger partial charge in [0.25, 0.3) is 5.91 Å². The first kappa shape index (κ1) is 19.6. The molecule has 0 saturated carbocycles. The average Bonchev–Trinajstić information content (AvgIpc) is 2.62. The lowest BCUT2D eigenvalue weighted by atomic mass is 10.0. The predicted molar refractivity (Wildman–Crippen MR) is 99.8 cm³/mol. The summed E-state index contributed by atoms with van der Waals surface area (Å²) >= 11 is 6.18. The van der Waals surface area contributed by atoms with Gasteiger partial charge >= 0.3 is 0 Å². The van der Waals surface area contributed by atoms with Gasteiger partial charge in [0.15, 0.2) is 0 Å². The monoisotopic (exact) mass is 400 g/mol. The highest BCUT2D eigenvalue weighted by Crippen LogP contribution is 2.29. The van der Waals surface area contributed by atoms with Gasteiger partial charge in [-0.15, -0.1) is 0 Å². The minimum atomic E-state index is -3.73. The lowest BCUT2D eigenvalue weighted by molar-refractivity contribution is 0.0546. The number of aliphatic hydroxyl groups is 1. The van der Waals surface area contributed by atoms with E-state index in [1.165, 1.54) is 16.4 Å². The van der Waals surface area contributed by atoms with Crippen molar-refractivity contribution in [2.24, 2.45) is 5.92 Å². The summed E-state index contributed by atoms with van der Waals surface area (Å²) in [5.41, 5.74) is 0.314. The zero-order valence-corrected chi connectivity index (χ0v) is 16.5. The maximum absolute atomic E-state index is 13.0. The number of hydrogen-bond donors (Lipinski definition) is 1. The van der Waals surface area contributed by atoms with Crippen molar-refractivity contribution < 1.29 is 18.3 Å². The SMILES string of the molecule is CC1CCCN(S(=O)(=O)c2cc(C(=O)N3CCC(O)CC3)ccc2Cl)C1. The Morgan fingerprint density at radius 3 is 2.54 bits per heavy atom. The number of hydrogen-bond acceptors (Lipinski definition) is 4. The van der Waals surface area contributed by atoms with Gasteiger partial charge in [-0.05, 0) is 49.8 Å². The minimum Gasteiger partial charge on any atom is -0.393 e. The number of rotatable bonds is 3. The number of nitrogens with zero attached hydrogens (tertiary/aromatic N) is 2. The first-order chi connectivity index (χ1) is 12.3. The normalized spacial score (nSPS) is 23.2. The summed E-state index contributed by atoms with van der Waals surface area (Å²) in [7, 11) is -3.73. The highest BCUT2D eigenvalue weighted by atomic mass is 35.5. The Bertz CT molecular complexity index is 775. The van der Waals surface area contributed by atoms with Crippen molar-refractivity contribution >= 4 is 27.5 Å². The lowest BCUT2D eigenvalue weighted by Crippen LogP contribution is -2.40. The van der Waals surface area contributed by atoms with E-state index < -0.39 is 10.0 Å². The second kappa shape index (κ2) is 7.84. The Morgan fingerprint density at radius 1 is 1.19 bits per heavy atom. The van der Waals surface area contributed by atoms with Crippen LogP contribution in [0.2, 0.25) is 5.02 Å². The van der Waals surface area contributed by atoms with E-state index in [4.69, 9.17) is 11.6 Å². The summed E-state index contributed by atoms with van der Waals surface area (Å²) in [6.07, 6.45) is 2.54. The molecule has 8 heteroatoms. The van der Waals surface area contributed by atoms with Crippen LogP contribution < -0.4 is 0 Å². The van der Waals surface area contributed by atoms with Crippen LogP contribution in [-0.4, -0.2) is 60.9 Å². The third-order valence-electron chi connectivity index (χ3n) is 5.17. The van der Waals surface area contributed by atoms with Gasteiger partial charge in [-0.2, -0.15) is 4.31 Å². The van der Waals surface area contributed by atoms with E-state index in [-0.39, 0.29) is 21.9 Å². The molecular formula is C18H25ClN2O4S. The molecule has 0 aromatic heterocycles. The average molecular weight is 401 g/mol. The van der Waals surface area contributed by atoms with Gasteiger partial charge in [-0.1, -0.05) is 18.5 Å². The van der Waals surface area contributed by atoms with Crippen LogP contribution in [0, 0.1) is 5.92 Å². The largest absolute Gasteiger partial charge is 0.393 e. The molecule has 3 rings (SSSR count). The van der Waals surface area contributed by atoms with E-state index >= 15 is 0 Å². The van der Waals surface area contributed by atoms with Gasteiger partial charge < -0.3 is 10.0 Å². The summed E-state index contributed by atoms with van der Waals surface area (Å²) in [5.74, 6) is 0.0823. The molecule has 6 nitrogen and oxygen atoms in total. The number of amides is 1. The maximum atomic E-state index is 13.0. The van der Waals surface area contributed by atoms with Gasteiger partial charge in [0.1, 0.15) is 4.90 Å². The van der Waals surface area contributed by atoms with Crippen molar-refractivity contribution in [3.05, 3.63) is 28.8 Å². The number of halogens is 1. The Balaban J connectivity index is 1.86. The number of carbonyl (C=O) groups excluding carboxylic acids is 1. The molecule has 0 radical (unpaired) electrons. The molecule has 2 aliphatic heterocycles. The van der Waals surface area contributed by atoms with E-state index in [1.54, 1.807) is 11.0 Å². The molecule has 1 unspecified atom stereocenters. The number of carbonyl (C=O) groups is 1. The number of sulfonamides is 1. The summed E-state index contributed by atoms with van der Waals surface area (Å²) in [5, 5.41) is 9.73. The minimum absolute atomic E-state index is 0.00355. The van der Waals surface area contributed by atoms with Crippen LogP contribution in [0.3, 0.4) is 0 Å². The van der Waals surface area contributed by atoms with Crippen molar-refractivity contribution in [3.8, 4) is 0 Å². The van der Waals surface area contributed by atoms with Gasteiger partial charge in [0.2, 0.25) is 10.0 Å². The number of aliphatic hydroxyl groups excluding tert-OH is 1. The molecule has 1 N–H and O–H groups in total.